The fourth-order valence-corrected chi connectivity index (χ4v) is 3.14. The van der Waals surface area contributed by atoms with E-state index >= 15 is 0 Å². The lowest BCUT2D eigenvalue weighted by molar-refractivity contribution is -0.140. The molecule has 1 aromatic rings. The Kier molecular flexibility index (Phi) is 6.85. The first-order chi connectivity index (χ1) is 10.5. The lowest BCUT2D eigenvalue weighted by Gasteiger charge is -2.27. The Labute approximate surface area is 139 Å². The minimum absolute atomic E-state index is 0.108. The van der Waals surface area contributed by atoms with Gasteiger partial charge < -0.3 is 10.6 Å². The number of guanidine groups is 1. The molecular formula is C15H25F3N4S. The highest BCUT2D eigenvalue weighted by Gasteiger charge is 2.33. The van der Waals surface area contributed by atoms with Crippen molar-refractivity contribution in [2.45, 2.75) is 46.8 Å². The van der Waals surface area contributed by atoms with E-state index in [9.17, 15) is 13.2 Å². The van der Waals surface area contributed by atoms with Gasteiger partial charge in [-0.05, 0) is 17.8 Å². The second kappa shape index (κ2) is 7.99. The van der Waals surface area contributed by atoms with E-state index in [0.29, 0.717) is 16.9 Å². The number of hydrogen-bond donors (Lipinski definition) is 2. The van der Waals surface area contributed by atoms with E-state index in [0.717, 1.165) is 29.7 Å². The Hall–Kier alpha value is -1.31. The van der Waals surface area contributed by atoms with Crippen LogP contribution < -0.4 is 10.6 Å². The number of alkyl halides is 3. The van der Waals surface area contributed by atoms with Crippen LogP contribution in [0.1, 0.15) is 44.8 Å². The predicted molar refractivity (Wildman–Crippen MR) is 88.6 cm³/mol. The van der Waals surface area contributed by atoms with Crippen molar-refractivity contribution in [1.82, 2.24) is 15.6 Å². The van der Waals surface area contributed by atoms with Crippen molar-refractivity contribution in [3.63, 3.8) is 0 Å². The maximum atomic E-state index is 12.5. The van der Waals surface area contributed by atoms with E-state index in [1.165, 1.54) is 0 Å². The van der Waals surface area contributed by atoms with E-state index in [-0.39, 0.29) is 12.0 Å². The zero-order chi connectivity index (χ0) is 17.7. The first-order valence-electron chi connectivity index (χ1n) is 7.49. The molecule has 0 bridgehead atoms. The first kappa shape index (κ1) is 19.7. The van der Waals surface area contributed by atoms with Crippen LogP contribution in [0.2, 0.25) is 0 Å². The summed E-state index contributed by atoms with van der Waals surface area (Å²) in [4.78, 5) is 7.67. The summed E-state index contributed by atoms with van der Waals surface area (Å²) < 4.78 is 37.5. The minimum atomic E-state index is -4.39. The molecule has 0 atom stereocenters. The molecule has 0 aromatic carbocycles. The van der Waals surface area contributed by atoms with Gasteiger partial charge >= 0.3 is 6.18 Å². The summed E-state index contributed by atoms with van der Waals surface area (Å²) in [6.07, 6.45) is -3.33. The molecule has 0 aliphatic heterocycles. The van der Waals surface area contributed by atoms with Crippen LogP contribution in [0.15, 0.2) is 10.4 Å². The second-order valence-corrected chi connectivity index (χ2v) is 7.61. The van der Waals surface area contributed by atoms with Gasteiger partial charge in [-0.3, -0.25) is 4.99 Å². The summed E-state index contributed by atoms with van der Waals surface area (Å²) >= 11 is 0.985. The molecule has 8 heteroatoms. The van der Waals surface area contributed by atoms with Crippen molar-refractivity contribution >= 4 is 17.3 Å². The molecular weight excluding hydrogens is 325 g/mol. The third-order valence-electron chi connectivity index (χ3n) is 3.17. The first-order valence-corrected chi connectivity index (χ1v) is 8.37. The van der Waals surface area contributed by atoms with Crippen LogP contribution in [0.3, 0.4) is 0 Å². The van der Waals surface area contributed by atoms with Gasteiger partial charge in [0.25, 0.3) is 0 Å². The molecule has 0 fully saturated rings. The summed E-state index contributed by atoms with van der Waals surface area (Å²) in [6.45, 7) is 9.64. The molecule has 1 heterocycles. The van der Waals surface area contributed by atoms with Gasteiger partial charge in [-0.1, -0.05) is 27.7 Å². The fraction of sp³-hybridized carbons (Fsp3) is 0.733. The number of nitrogens with zero attached hydrogens (tertiary/aromatic N) is 2. The normalized spacial score (nSPS) is 13.5. The Bertz CT molecular complexity index is 521. The number of aromatic nitrogens is 1. The van der Waals surface area contributed by atoms with Crippen LogP contribution in [0, 0.1) is 11.3 Å². The summed E-state index contributed by atoms with van der Waals surface area (Å²) in [7, 11) is 1.63. The molecule has 23 heavy (non-hydrogen) atoms. The maximum absolute atomic E-state index is 12.5. The quantitative estimate of drug-likeness (QED) is 0.604. The van der Waals surface area contributed by atoms with E-state index < -0.39 is 11.9 Å². The molecule has 1 rings (SSSR count). The smallest absolute Gasteiger partial charge is 0.356 e. The molecule has 4 nitrogen and oxygen atoms in total. The molecule has 0 unspecified atom stereocenters. The molecule has 0 saturated heterocycles. The van der Waals surface area contributed by atoms with Crippen LogP contribution in [-0.2, 0) is 12.7 Å². The number of aliphatic imine (C=N–C) groups is 1. The second-order valence-electron chi connectivity index (χ2n) is 6.67. The average molecular weight is 350 g/mol. The third-order valence-corrected chi connectivity index (χ3v) is 4.02. The topological polar surface area (TPSA) is 49.3 Å². The van der Waals surface area contributed by atoms with Crippen molar-refractivity contribution in [2.24, 2.45) is 16.3 Å². The predicted octanol–water partition coefficient (Wildman–Crippen LogP) is 3.90. The number of thiazole rings is 1. The van der Waals surface area contributed by atoms with Gasteiger partial charge in [-0.2, -0.15) is 13.2 Å². The summed E-state index contributed by atoms with van der Waals surface area (Å²) in [5.41, 5.74) is -0.739. The lowest BCUT2D eigenvalue weighted by Crippen LogP contribution is -2.42. The molecule has 2 N–H and O–H groups in total. The van der Waals surface area contributed by atoms with E-state index in [4.69, 9.17) is 0 Å². The Morgan fingerprint density at radius 3 is 2.43 bits per heavy atom. The fourth-order valence-electron chi connectivity index (χ4n) is 2.40. The van der Waals surface area contributed by atoms with Gasteiger partial charge in [-0.15, -0.1) is 11.3 Å². The number of rotatable bonds is 6. The number of halogens is 3. The lowest BCUT2D eigenvalue weighted by atomic mass is 9.84. The zero-order valence-electron chi connectivity index (χ0n) is 14.2. The van der Waals surface area contributed by atoms with Crippen molar-refractivity contribution < 1.29 is 13.2 Å². The number of nitrogens with one attached hydrogen (secondary N) is 2. The van der Waals surface area contributed by atoms with Gasteiger partial charge in [-0.25, -0.2) is 4.98 Å². The van der Waals surface area contributed by atoms with Gasteiger partial charge in [0.15, 0.2) is 11.7 Å². The van der Waals surface area contributed by atoms with Gasteiger partial charge in [0.1, 0.15) is 5.01 Å². The van der Waals surface area contributed by atoms with Gasteiger partial charge in [0.05, 0.1) is 6.54 Å². The van der Waals surface area contributed by atoms with Crippen molar-refractivity contribution in [3.05, 3.63) is 16.1 Å². The van der Waals surface area contributed by atoms with Crippen molar-refractivity contribution in [3.8, 4) is 0 Å². The molecule has 132 valence electrons. The summed E-state index contributed by atoms with van der Waals surface area (Å²) in [5, 5.41) is 7.62. The van der Waals surface area contributed by atoms with Gasteiger partial charge in [0, 0.05) is 19.0 Å². The van der Waals surface area contributed by atoms with Crippen molar-refractivity contribution in [1.29, 1.82) is 0 Å². The average Bonchev–Trinajstić information content (AvgIpc) is 2.86. The zero-order valence-corrected chi connectivity index (χ0v) is 15.0. The van der Waals surface area contributed by atoms with Crippen LogP contribution in [0.5, 0.6) is 0 Å². The monoisotopic (exact) mass is 350 g/mol. The highest BCUT2D eigenvalue weighted by atomic mass is 32.1. The maximum Gasteiger partial charge on any atom is 0.434 e. The minimum Gasteiger partial charge on any atom is -0.356 e. The van der Waals surface area contributed by atoms with E-state index in [1.54, 1.807) is 7.05 Å². The van der Waals surface area contributed by atoms with Crippen LogP contribution in [0.4, 0.5) is 13.2 Å². The molecule has 0 saturated carbocycles. The molecule has 0 aliphatic carbocycles. The highest BCUT2D eigenvalue weighted by Crippen LogP contribution is 2.30. The summed E-state index contributed by atoms with van der Waals surface area (Å²) in [6, 6.07) is 0. The summed E-state index contributed by atoms with van der Waals surface area (Å²) in [5.74, 6) is 1.16. The highest BCUT2D eigenvalue weighted by molar-refractivity contribution is 7.09. The molecule has 0 spiro atoms. The Morgan fingerprint density at radius 2 is 1.96 bits per heavy atom. The molecule has 0 radical (unpaired) electrons. The van der Waals surface area contributed by atoms with Crippen molar-refractivity contribution in [2.75, 3.05) is 13.6 Å². The van der Waals surface area contributed by atoms with E-state index in [2.05, 4.69) is 48.3 Å². The Morgan fingerprint density at radius 1 is 1.30 bits per heavy atom. The van der Waals surface area contributed by atoms with Crippen LogP contribution in [-0.4, -0.2) is 24.5 Å². The van der Waals surface area contributed by atoms with Crippen LogP contribution >= 0.6 is 11.3 Å². The SMILES string of the molecule is CN=C(NCc1nc(C(F)(F)F)cs1)NCC(C)(C)CC(C)C. The molecule has 0 aliphatic rings. The third kappa shape index (κ3) is 7.20. The number of hydrogen-bond acceptors (Lipinski definition) is 3. The standard InChI is InChI=1S/C15H25F3N4S/c1-10(2)6-14(3,4)9-21-13(19-5)20-7-12-22-11(8-23-12)15(16,17)18/h8,10H,6-7,9H2,1-5H3,(H2,19,20,21). The molecule has 1 aromatic heterocycles. The van der Waals surface area contributed by atoms with Gasteiger partial charge in [0.2, 0.25) is 0 Å². The van der Waals surface area contributed by atoms with Crippen LogP contribution in [0.25, 0.3) is 0 Å². The molecule has 0 amide bonds. The largest absolute Gasteiger partial charge is 0.434 e. The Balaban J connectivity index is 2.50. The van der Waals surface area contributed by atoms with E-state index in [1.807, 2.05) is 0 Å².